The molecule has 6 nitrogen and oxygen atoms in total. The van der Waals surface area contributed by atoms with E-state index in [-0.39, 0.29) is 5.92 Å². The minimum absolute atomic E-state index is 0.237. The maximum absolute atomic E-state index is 8.98. The van der Waals surface area contributed by atoms with Crippen molar-refractivity contribution in [1.29, 1.82) is 5.26 Å². The fourth-order valence-corrected chi connectivity index (χ4v) is 3.00. The molecule has 1 saturated heterocycles. The number of hydrogen-bond donors (Lipinski definition) is 1. The molecule has 4 rings (SSSR count). The standard InChI is InChI=1S/C18H16N6/c19-12-24-9-7-15(11-24)18-21-17(22-23-18)14-6-8-20-16(10-14)13-4-2-1-3-5-13/h1-6,8,10,15H,7,9,11H2,(H,21,22,23). The summed E-state index contributed by atoms with van der Waals surface area (Å²) in [5, 5.41) is 16.4. The molecule has 1 aliphatic heterocycles. The molecule has 1 aliphatic rings. The van der Waals surface area contributed by atoms with Gasteiger partial charge in [-0.1, -0.05) is 30.3 Å². The van der Waals surface area contributed by atoms with Crippen molar-refractivity contribution in [3.05, 3.63) is 54.5 Å². The molecule has 1 atom stereocenters. The van der Waals surface area contributed by atoms with Gasteiger partial charge in [-0.3, -0.25) is 10.1 Å². The number of rotatable bonds is 3. The number of aromatic amines is 1. The van der Waals surface area contributed by atoms with E-state index in [1.807, 2.05) is 42.5 Å². The largest absolute Gasteiger partial charge is 0.310 e. The molecule has 1 fully saturated rings. The number of pyridine rings is 1. The average Bonchev–Trinajstić information content (AvgIpc) is 3.32. The molecule has 1 N–H and O–H groups in total. The molecule has 0 radical (unpaired) electrons. The van der Waals surface area contributed by atoms with Gasteiger partial charge in [-0.2, -0.15) is 10.4 Å². The second-order valence-corrected chi connectivity index (χ2v) is 5.87. The third-order valence-electron chi connectivity index (χ3n) is 4.31. The smallest absolute Gasteiger partial charge is 0.181 e. The highest BCUT2D eigenvalue weighted by molar-refractivity contribution is 5.66. The zero-order valence-electron chi connectivity index (χ0n) is 13.1. The first kappa shape index (κ1) is 14.4. The summed E-state index contributed by atoms with van der Waals surface area (Å²) < 4.78 is 0. The maximum atomic E-state index is 8.98. The van der Waals surface area contributed by atoms with Gasteiger partial charge in [0.05, 0.1) is 5.69 Å². The summed E-state index contributed by atoms with van der Waals surface area (Å²) in [6, 6.07) is 14.0. The Labute approximate surface area is 139 Å². The third kappa shape index (κ3) is 2.72. The summed E-state index contributed by atoms with van der Waals surface area (Å²) in [4.78, 5) is 10.8. The number of nitriles is 1. The SMILES string of the molecule is N#CN1CCC(c2nc(-c3ccnc(-c4ccccc4)c3)n[nH]2)C1. The van der Waals surface area contributed by atoms with Crippen LogP contribution in [0.5, 0.6) is 0 Å². The fraction of sp³-hybridized carbons (Fsp3) is 0.222. The monoisotopic (exact) mass is 316 g/mol. The Morgan fingerprint density at radius 1 is 1.17 bits per heavy atom. The van der Waals surface area contributed by atoms with Gasteiger partial charge in [0.1, 0.15) is 5.82 Å². The van der Waals surface area contributed by atoms with E-state index in [2.05, 4.69) is 26.4 Å². The maximum Gasteiger partial charge on any atom is 0.181 e. The van der Waals surface area contributed by atoms with Crippen molar-refractivity contribution < 1.29 is 0 Å². The summed E-state index contributed by atoms with van der Waals surface area (Å²) in [5.41, 5.74) is 2.90. The average molecular weight is 316 g/mol. The Bertz CT molecular complexity index is 880. The van der Waals surface area contributed by atoms with Gasteiger partial charge in [0.15, 0.2) is 12.0 Å². The number of H-pyrrole nitrogens is 1. The first-order chi connectivity index (χ1) is 11.8. The van der Waals surface area contributed by atoms with Crippen LogP contribution in [0, 0.1) is 11.5 Å². The van der Waals surface area contributed by atoms with Crippen LogP contribution in [0.15, 0.2) is 48.7 Å². The molecule has 118 valence electrons. The molecule has 0 bridgehead atoms. The van der Waals surface area contributed by atoms with Gasteiger partial charge in [0, 0.05) is 36.3 Å². The van der Waals surface area contributed by atoms with Gasteiger partial charge in [-0.15, -0.1) is 0 Å². The molecule has 0 aliphatic carbocycles. The fourth-order valence-electron chi connectivity index (χ4n) is 3.00. The van der Waals surface area contributed by atoms with E-state index in [9.17, 15) is 0 Å². The van der Waals surface area contributed by atoms with Gasteiger partial charge in [0.2, 0.25) is 0 Å². The van der Waals surface area contributed by atoms with Gasteiger partial charge in [-0.05, 0) is 18.6 Å². The lowest BCUT2D eigenvalue weighted by molar-refractivity contribution is 0.476. The second kappa shape index (κ2) is 6.13. The van der Waals surface area contributed by atoms with E-state index in [0.29, 0.717) is 12.4 Å². The second-order valence-electron chi connectivity index (χ2n) is 5.87. The van der Waals surface area contributed by atoms with Gasteiger partial charge in [-0.25, -0.2) is 4.98 Å². The van der Waals surface area contributed by atoms with Crippen molar-refractivity contribution in [1.82, 2.24) is 25.1 Å². The Morgan fingerprint density at radius 2 is 2.04 bits per heavy atom. The Morgan fingerprint density at radius 3 is 2.83 bits per heavy atom. The number of hydrogen-bond acceptors (Lipinski definition) is 5. The molecule has 24 heavy (non-hydrogen) atoms. The lowest BCUT2D eigenvalue weighted by atomic mass is 10.1. The summed E-state index contributed by atoms with van der Waals surface area (Å²) >= 11 is 0. The molecule has 0 spiro atoms. The van der Waals surface area contributed by atoms with Crippen LogP contribution in [-0.2, 0) is 0 Å². The molecule has 3 heterocycles. The molecule has 1 aromatic carbocycles. The molecule has 6 heteroatoms. The summed E-state index contributed by atoms with van der Waals surface area (Å²) in [5.74, 6) is 1.75. The van der Waals surface area contributed by atoms with Crippen LogP contribution in [0.2, 0.25) is 0 Å². The predicted octanol–water partition coefficient (Wildman–Crippen LogP) is 2.80. The molecule has 3 aromatic rings. The Kier molecular flexibility index (Phi) is 3.67. The van der Waals surface area contributed by atoms with Gasteiger partial charge >= 0.3 is 0 Å². The van der Waals surface area contributed by atoms with Gasteiger partial charge in [0.25, 0.3) is 0 Å². The summed E-state index contributed by atoms with van der Waals surface area (Å²) in [6.45, 7) is 1.49. The minimum Gasteiger partial charge on any atom is -0.310 e. The topological polar surface area (TPSA) is 81.5 Å². The zero-order chi connectivity index (χ0) is 16.4. The first-order valence-corrected chi connectivity index (χ1v) is 7.92. The van der Waals surface area contributed by atoms with Crippen LogP contribution in [-0.4, -0.2) is 38.2 Å². The van der Waals surface area contributed by atoms with E-state index in [0.717, 1.165) is 35.6 Å². The number of nitrogens with zero attached hydrogens (tertiary/aromatic N) is 5. The molecule has 1 unspecified atom stereocenters. The van der Waals surface area contributed by atoms with Crippen LogP contribution in [0.4, 0.5) is 0 Å². The van der Waals surface area contributed by atoms with Crippen molar-refractivity contribution in [2.45, 2.75) is 12.3 Å². The minimum atomic E-state index is 0.237. The van der Waals surface area contributed by atoms with Crippen molar-refractivity contribution in [3.8, 4) is 28.8 Å². The van der Waals surface area contributed by atoms with E-state index >= 15 is 0 Å². The lowest BCUT2D eigenvalue weighted by Gasteiger charge is -2.05. The van der Waals surface area contributed by atoms with Crippen LogP contribution in [0.3, 0.4) is 0 Å². The van der Waals surface area contributed by atoms with Crippen molar-refractivity contribution in [3.63, 3.8) is 0 Å². The van der Waals surface area contributed by atoms with E-state index in [1.54, 1.807) is 11.1 Å². The number of aromatic nitrogens is 4. The molecule has 0 amide bonds. The highest BCUT2D eigenvalue weighted by atomic mass is 15.2. The van der Waals surface area contributed by atoms with Crippen LogP contribution < -0.4 is 0 Å². The number of benzene rings is 1. The van der Waals surface area contributed by atoms with E-state index in [1.165, 1.54) is 0 Å². The molecule has 2 aromatic heterocycles. The first-order valence-electron chi connectivity index (χ1n) is 7.92. The van der Waals surface area contributed by atoms with Crippen LogP contribution in [0.25, 0.3) is 22.6 Å². The quantitative estimate of drug-likeness (QED) is 0.751. The Balaban J connectivity index is 1.60. The molecular formula is C18H16N6. The van der Waals surface area contributed by atoms with Crippen LogP contribution in [0.1, 0.15) is 18.2 Å². The molecule has 0 saturated carbocycles. The zero-order valence-corrected chi connectivity index (χ0v) is 13.1. The number of nitrogens with one attached hydrogen (secondary N) is 1. The summed E-state index contributed by atoms with van der Waals surface area (Å²) in [7, 11) is 0. The predicted molar refractivity (Wildman–Crippen MR) is 89.6 cm³/mol. The Hall–Kier alpha value is -3.20. The van der Waals surface area contributed by atoms with E-state index < -0.39 is 0 Å². The summed E-state index contributed by atoms with van der Waals surface area (Å²) in [6.07, 6.45) is 4.89. The normalized spacial score (nSPS) is 17.0. The highest BCUT2D eigenvalue weighted by Crippen LogP contribution is 2.27. The highest BCUT2D eigenvalue weighted by Gasteiger charge is 2.26. The van der Waals surface area contributed by atoms with Crippen LogP contribution >= 0.6 is 0 Å². The van der Waals surface area contributed by atoms with Crippen molar-refractivity contribution >= 4 is 0 Å². The third-order valence-corrected chi connectivity index (χ3v) is 4.31. The van der Waals surface area contributed by atoms with E-state index in [4.69, 9.17) is 5.26 Å². The van der Waals surface area contributed by atoms with Gasteiger partial charge < -0.3 is 4.90 Å². The van der Waals surface area contributed by atoms with Crippen molar-refractivity contribution in [2.75, 3.05) is 13.1 Å². The lowest BCUT2D eigenvalue weighted by Crippen LogP contribution is -2.13. The van der Waals surface area contributed by atoms with Crippen molar-refractivity contribution in [2.24, 2.45) is 0 Å². The number of likely N-dealkylation sites (tertiary alicyclic amines) is 1. The molecular weight excluding hydrogens is 300 g/mol.